The van der Waals surface area contributed by atoms with Crippen molar-refractivity contribution in [3.8, 4) is 11.8 Å². The molecule has 1 aliphatic heterocycles. The molecule has 3 aromatic heterocycles. The fourth-order valence-corrected chi connectivity index (χ4v) is 4.68. The smallest absolute Gasteiger partial charge is 0.284 e. The summed E-state index contributed by atoms with van der Waals surface area (Å²) >= 11 is 11.2. The first-order valence-electron chi connectivity index (χ1n) is 9.84. The number of fused-ring (bicyclic) bond motifs is 1. The van der Waals surface area contributed by atoms with Gasteiger partial charge in [0, 0.05) is 18.7 Å². The van der Waals surface area contributed by atoms with E-state index in [4.69, 9.17) is 30.0 Å². The normalized spacial score (nSPS) is 20.0. The van der Waals surface area contributed by atoms with Crippen molar-refractivity contribution in [1.29, 1.82) is 5.26 Å². The van der Waals surface area contributed by atoms with Gasteiger partial charge in [0.2, 0.25) is 5.95 Å². The average molecular weight is 483 g/mol. The van der Waals surface area contributed by atoms with Crippen molar-refractivity contribution >= 4 is 41.5 Å². The van der Waals surface area contributed by atoms with Crippen molar-refractivity contribution in [1.82, 2.24) is 24.1 Å². The Labute approximate surface area is 197 Å². The Balaban J connectivity index is 1.81. The fraction of sp³-hybridized carbons (Fsp3) is 0.190. The highest BCUT2D eigenvalue weighted by molar-refractivity contribution is 7.81. The number of halogens is 2. The number of aromatic nitrogens is 5. The second-order valence-electron chi connectivity index (χ2n) is 7.71. The largest absolute Gasteiger partial charge is 0.368 e. The molecule has 0 aliphatic carbocycles. The van der Waals surface area contributed by atoms with Crippen LogP contribution in [0.1, 0.15) is 18.3 Å². The van der Waals surface area contributed by atoms with Crippen molar-refractivity contribution in [3.05, 3.63) is 75.3 Å². The molecule has 5 rings (SSSR count). The maximum Gasteiger partial charge on any atom is 0.284 e. The quantitative estimate of drug-likeness (QED) is 0.431. The van der Waals surface area contributed by atoms with Crippen LogP contribution in [0.15, 0.2) is 47.5 Å². The van der Waals surface area contributed by atoms with E-state index in [1.807, 2.05) is 6.92 Å². The van der Waals surface area contributed by atoms with Gasteiger partial charge in [-0.1, -0.05) is 18.5 Å². The number of thiol groups is 1. The number of nitriles is 1. The van der Waals surface area contributed by atoms with Crippen LogP contribution in [0.3, 0.4) is 0 Å². The van der Waals surface area contributed by atoms with E-state index in [0.717, 1.165) is 0 Å². The summed E-state index contributed by atoms with van der Waals surface area (Å²) in [7, 11) is 0. The molecule has 0 spiro atoms. The molecule has 1 aromatic carbocycles. The summed E-state index contributed by atoms with van der Waals surface area (Å²) in [6.07, 6.45) is 2.91. The van der Waals surface area contributed by atoms with Crippen molar-refractivity contribution < 1.29 is 4.39 Å². The molecule has 1 saturated heterocycles. The first-order valence-corrected chi connectivity index (χ1v) is 10.7. The molecule has 2 unspecified atom stereocenters. The molecule has 1 fully saturated rings. The van der Waals surface area contributed by atoms with Gasteiger partial charge in [0.1, 0.15) is 27.8 Å². The van der Waals surface area contributed by atoms with Gasteiger partial charge >= 0.3 is 0 Å². The Hall–Kier alpha value is -3.62. The zero-order chi connectivity index (χ0) is 23.5. The number of rotatable bonds is 3. The first kappa shape index (κ1) is 21.2. The molecule has 2 N–H and O–H groups in total. The van der Waals surface area contributed by atoms with Crippen molar-refractivity contribution in [2.75, 3.05) is 17.2 Å². The van der Waals surface area contributed by atoms with Gasteiger partial charge in [-0.05, 0) is 30.3 Å². The summed E-state index contributed by atoms with van der Waals surface area (Å²) in [6.45, 7) is 2.41. The highest BCUT2D eigenvalue weighted by atomic mass is 35.5. The lowest BCUT2D eigenvalue weighted by molar-refractivity contribution is 0.263. The number of nitrogens with two attached hydrogens (primary N) is 1. The van der Waals surface area contributed by atoms with Crippen LogP contribution in [0.2, 0.25) is 5.02 Å². The van der Waals surface area contributed by atoms with Crippen LogP contribution >= 0.6 is 24.2 Å². The third-order valence-electron chi connectivity index (χ3n) is 5.77. The molecule has 12 heteroatoms. The van der Waals surface area contributed by atoms with E-state index in [-0.39, 0.29) is 39.6 Å². The Kier molecular flexibility index (Phi) is 4.81. The van der Waals surface area contributed by atoms with Crippen LogP contribution in [0, 0.1) is 23.1 Å². The van der Waals surface area contributed by atoms with Gasteiger partial charge in [-0.3, -0.25) is 9.36 Å². The lowest BCUT2D eigenvalue weighted by Gasteiger charge is -2.55. The summed E-state index contributed by atoms with van der Waals surface area (Å²) < 4.78 is 16.4. The molecule has 0 bridgehead atoms. The monoisotopic (exact) mass is 482 g/mol. The number of nitrogen functional groups attached to an aromatic ring is 1. The molecule has 0 amide bonds. The van der Waals surface area contributed by atoms with Gasteiger partial charge < -0.3 is 10.6 Å². The lowest BCUT2D eigenvalue weighted by atomic mass is 9.87. The average Bonchev–Trinajstić information content (AvgIpc) is 3.18. The van der Waals surface area contributed by atoms with Gasteiger partial charge in [-0.2, -0.15) is 15.3 Å². The highest BCUT2D eigenvalue weighted by Crippen LogP contribution is 2.50. The second-order valence-corrected chi connectivity index (χ2v) is 8.80. The second kappa shape index (κ2) is 7.47. The minimum atomic E-state index is -1.16. The summed E-state index contributed by atoms with van der Waals surface area (Å²) in [6, 6.07) is 9.08. The number of benzene rings is 1. The van der Waals surface area contributed by atoms with E-state index in [1.54, 1.807) is 17.2 Å². The molecule has 33 heavy (non-hydrogen) atoms. The molecule has 166 valence electrons. The Morgan fingerprint density at radius 1 is 1.33 bits per heavy atom. The van der Waals surface area contributed by atoms with Crippen LogP contribution in [-0.2, 0) is 4.87 Å². The lowest BCUT2D eigenvalue weighted by Crippen LogP contribution is -2.63. The molecule has 9 nitrogen and oxygen atoms in total. The van der Waals surface area contributed by atoms with Gasteiger partial charge in [0.15, 0.2) is 11.6 Å². The van der Waals surface area contributed by atoms with Crippen molar-refractivity contribution in [2.45, 2.75) is 11.8 Å². The molecule has 0 radical (unpaired) electrons. The maximum atomic E-state index is 13.6. The number of hydrogen-bond donors (Lipinski definition) is 2. The van der Waals surface area contributed by atoms with E-state index in [0.29, 0.717) is 12.2 Å². The van der Waals surface area contributed by atoms with Gasteiger partial charge in [-0.15, -0.1) is 12.6 Å². The Morgan fingerprint density at radius 3 is 2.73 bits per heavy atom. The Morgan fingerprint density at radius 2 is 2.06 bits per heavy atom. The van der Waals surface area contributed by atoms with Crippen LogP contribution in [0.4, 0.5) is 16.2 Å². The van der Waals surface area contributed by atoms with E-state index < -0.39 is 16.2 Å². The molecular formula is C21H16ClFN8OS. The maximum absolute atomic E-state index is 13.6. The Bertz CT molecular complexity index is 1510. The summed E-state index contributed by atoms with van der Waals surface area (Å²) in [5.74, 6) is -0.0375. The molecule has 4 aromatic rings. The first-order chi connectivity index (χ1) is 15.8. The van der Waals surface area contributed by atoms with Gasteiger partial charge in [0.25, 0.3) is 5.56 Å². The van der Waals surface area contributed by atoms with Crippen LogP contribution < -0.4 is 16.2 Å². The van der Waals surface area contributed by atoms with E-state index in [9.17, 15) is 14.4 Å². The highest BCUT2D eigenvalue weighted by Gasteiger charge is 2.54. The number of anilines is 2. The van der Waals surface area contributed by atoms with Crippen molar-refractivity contribution in [3.63, 3.8) is 0 Å². The SMILES string of the molecule is CC1CN(c2nc(N)ncc2C#N)C1(S)c1nn2ccc(Cl)c2c(=O)n1-c1ccc(F)cc1. The molecule has 0 saturated carbocycles. The van der Waals surface area contributed by atoms with Gasteiger partial charge in [-0.25, -0.2) is 13.9 Å². The van der Waals surface area contributed by atoms with Crippen LogP contribution in [-0.4, -0.2) is 30.7 Å². The molecule has 1 aliphatic rings. The van der Waals surface area contributed by atoms with Gasteiger partial charge in [0.05, 0.1) is 16.9 Å². The fourth-order valence-electron chi connectivity index (χ4n) is 4.05. The van der Waals surface area contributed by atoms with Crippen LogP contribution in [0.25, 0.3) is 11.2 Å². The minimum Gasteiger partial charge on any atom is -0.368 e. The zero-order valence-electron chi connectivity index (χ0n) is 17.1. The van der Waals surface area contributed by atoms with E-state index >= 15 is 0 Å². The topological polar surface area (TPSA) is 118 Å². The summed E-state index contributed by atoms with van der Waals surface area (Å²) in [4.78, 5) is 22.3. The third kappa shape index (κ3) is 3.06. The standard InChI is InChI=1S/C21H16ClFN8OS/c1-11-10-29(17-12(8-24)9-26-20(25)27-17)21(11,33)19-28-30-7-6-15(22)16(30)18(32)31(19)14-4-2-13(23)3-5-14/h2-7,9,11,33H,10H2,1H3,(H2,25,26,27). The summed E-state index contributed by atoms with van der Waals surface area (Å²) in [5.41, 5.74) is 6.10. The van der Waals surface area contributed by atoms with E-state index in [1.165, 1.54) is 39.5 Å². The summed E-state index contributed by atoms with van der Waals surface area (Å²) in [5, 5.41) is 14.5. The molecule has 4 heterocycles. The van der Waals surface area contributed by atoms with Crippen LogP contribution in [0.5, 0.6) is 0 Å². The molecule has 2 atom stereocenters. The number of nitrogens with zero attached hydrogens (tertiary/aromatic N) is 7. The zero-order valence-corrected chi connectivity index (χ0v) is 18.8. The minimum absolute atomic E-state index is 0.00392. The third-order valence-corrected chi connectivity index (χ3v) is 6.96. The van der Waals surface area contributed by atoms with Crippen molar-refractivity contribution in [2.24, 2.45) is 5.92 Å². The predicted molar refractivity (Wildman–Crippen MR) is 124 cm³/mol. The van der Waals surface area contributed by atoms with E-state index in [2.05, 4.69) is 21.1 Å². The molecular weight excluding hydrogens is 467 g/mol. The number of hydrogen-bond acceptors (Lipinski definition) is 8. The predicted octanol–water partition coefficient (Wildman–Crippen LogP) is 2.76.